The van der Waals surface area contributed by atoms with Crippen LogP contribution < -0.4 is 0 Å². The van der Waals surface area contributed by atoms with E-state index in [0.29, 0.717) is 0 Å². The number of unbranched alkanes of at least 4 members (excludes halogenated alkanes) is 9. The minimum atomic E-state index is -0.370. The molecule has 0 N–H and O–H groups in total. The van der Waals surface area contributed by atoms with E-state index in [2.05, 4.69) is 54.2 Å². The number of aryl methyl sites for hydroxylation is 1. The summed E-state index contributed by atoms with van der Waals surface area (Å²) in [5.74, 6) is 0. The van der Waals surface area contributed by atoms with Crippen molar-refractivity contribution in [2.45, 2.75) is 90.0 Å². The van der Waals surface area contributed by atoms with Crippen molar-refractivity contribution < 1.29 is 0 Å². The highest BCUT2D eigenvalue weighted by molar-refractivity contribution is 5.89. The predicted molar refractivity (Wildman–Crippen MR) is 136 cm³/mol. The first-order valence-corrected chi connectivity index (χ1v) is 11.2. The zero-order valence-electron chi connectivity index (χ0n) is 18.5. The summed E-state index contributed by atoms with van der Waals surface area (Å²) in [5, 5.41) is 1.18. The molecule has 1 unspecified atom stereocenters. The number of aromatic nitrogens is 1. The number of hydrogen-bond donors (Lipinski definition) is 0. The van der Waals surface area contributed by atoms with E-state index in [4.69, 9.17) is 4.98 Å². The van der Waals surface area contributed by atoms with E-state index in [1.165, 1.54) is 80.9 Å². The fourth-order valence-corrected chi connectivity index (χ4v) is 4.07. The highest BCUT2D eigenvalue weighted by Gasteiger charge is 2.29. The van der Waals surface area contributed by atoms with Gasteiger partial charge >= 0.3 is 0 Å². The number of benzene rings is 1. The van der Waals surface area contributed by atoms with Gasteiger partial charge in [0.15, 0.2) is 0 Å². The molecule has 1 atom stereocenters. The molecule has 2 heterocycles. The van der Waals surface area contributed by atoms with Gasteiger partial charge in [-0.3, -0.25) is 9.98 Å². The molecule has 1 aromatic carbocycles. The SMILES string of the molecule is CCCCCCCCCCCCc1nc2ccccc2cc1C1(C)C=NC=N1.Cl.Cl. The average molecular weight is 450 g/mol. The molecule has 3 rings (SSSR count). The van der Waals surface area contributed by atoms with Crippen molar-refractivity contribution in [3.8, 4) is 0 Å². The monoisotopic (exact) mass is 449 g/mol. The van der Waals surface area contributed by atoms with Gasteiger partial charge < -0.3 is 0 Å². The minimum absolute atomic E-state index is 0. The summed E-state index contributed by atoms with van der Waals surface area (Å²) in [4.78, 5) is 13.9. The first-order chi connectivity index (χ1) is 13.7. The van der Waals surface area contributed by atoms with Crippen molar-refractivity contribution in [3.05, 3.63) is 41.6 Å². The molecule has 0 radical (unpaired) electrons. The summed E-state index contributed by atoms with van der Waals surface area (Å²) >= 11 is 0. The molecule has 0 saturated carbocycles. The van der Waals surface area contributed by atoms with Crippen LogP contribution in [0.4, 0.5) is 0 Å². The Morgan fingerprint density at radius 2 is 1.47 bits per heavy atom. The summed E-state index contributed by atoms with van der Waals surface area (Å²) in [6.45, 7) is 4.41. The Labute approximate surface area is 194 Å². The standard InChI is InChI=1S/C25H35N3.2ClH/c1-3-4-5-6-7-8-9-10-11-12-17-24-22(25(2)19-26-20-27-25)18-21-15-13-14-16-23(21)28-24;;/h13-16,18-20H,3-12,17H2,1-2H3;2*1H. The van der Waals surface area contributed by atoms with Gasteiger partial charge in [0.2, 0.25) is 0 Å². The first-order valence-electron chi connectivity index (χ1n) is 11.2. The van der Waals surface area contributed by atoms with E-state index in [-0.39, 0.29) is 30.4 Å². The van der Waals surface area contributed by atoms with E-state index in [0.717, 1.165) is 11.9 Å². The van der Waals surface area contributed by atoms with Crippen LogP contribution in [0.5, 0.6) is 0 Å². The summed E-state index contributed by atoms with van der Waals surface area (Å²) in [5.41, 5.74) is 3.10. The van der Waals surface area contributed by atoms with Crippen molar-refractivity contribution in [2.24, 2.45) is 9.98 Å². The van der Waals surface area contributed by atoms with Crippen molar-refractivity contribution >= 4 is 48.3 Å². The lowest BCUT2D eigenvalue weighted by Crippen LogP contribution is -2.21. The van der Waals surface area contributed by atoms with Gasteiger partial charge in [0.05, 0.1) is 5.52 Å². The molecule has 0 spiro atoms. The molecule has 1 aromatic heterocycles. The highest BCUT2D eigenvalue weighted by Crippen LogP contribution is 2.31. The molecule has 1 aliphatic heterocycles. The van der Waals surface area contributed by atoms with Gasteiger partial charge in [0.25, 0.3) is 0 Å². The maximum absolute atomic E-state index is 5.01. The van der Waals surface area contributed by atoms with Crippen LogP contribution >= 0.6 is 24.8 Å². The van der Waals surface area contributed by atoms with Gasteiger partial charge in [-0.1, -0.05) is 82.9 Å². The first kappa shape index (κ1) is 26.6. The van der Waals surface area contributed by atoms with Crippen LogP contribution in [-0.4, -0.2) is 17.5 Å². The zero-order valence-corrected chi connectivity index (χ0v) is 20.1. The van der Waals surface area contributed by atoms with E-state index < -0.39 is 0 Å². The molecule has 5 heteroatoms. The fourth-order valence-electron chi connectivity index (χ4n) is 4.07. The number of pyridine rings is 1. The Balaban J connectivity index is 0.00000225. The molecule has 0 bridgehead atoms. The molecule has 2 aromatic rings. The predicted octanol–water partition coefficient (Wildman–Crippen LogP) is 7.87. The molecule has 0 aliphatic carbocycles. The third-order valence-corrected chi connectivity index (χ3v) is 5.83. The second-order valence-electron chi connectivity index (χ2n) is 8.28. The normalized spacial score (nSPS) is 17.1. The number of aliphatic imine (C=N–C) groups is 2. The summed E-state index contributed by atoms with van der Waals surface area (Å²) in [6, 6.07) is 10.6. The number of hydrogen-bond acceptors (Lipinski definition) is 3. The molecular weight excluding hydrogens is 413 g/mol. The number of rotatable bonds is 12. The zero-order chi connectivity index (χ0) is 19.7. The molecule has 30 heavy (non-hydrogen) atoms. The molecule has 0 fully saturated rings. The molecular formula is C25H37Cl2N3. The van der Waals surface area contributed by atoms with Crippen LogP contribution in [0.2, 0.25) is 0 Å². The third-order valence-electron chi connectivity index (χ3n) is 5.83. The van der Waals surface area contributed by atoms with Gasteiger partial charge in [-0.2, -0.15) is 0 Å². The van der Waals surface area contributed by atoms with Crippen LogP contribution in [0.15, 0.2) is 40.3 Å². The Hall–Kier alpha value is -1.45. The molecule has 0 saturated heterocycles. The van der Waals surface area contributed by atoms with Gasteiger partial charge in [-0.05, 0) is 31.9 Å². The Bertz CT molecular complexity index is 805. The quantitative estimate of drug-likeness (QED) is 0.303. The molecule has 166 valence electrons. The molecule has 3 nitrogen and oxygen atoms in total. The van der Waals surface area contributed by atoms with E-state index in [1.54, 1.807) is 6.34 Å². The lowest BCUT2D eigenvalue weighted by molar-refractivity contribution is 0.554. The van der Waals surface area contributed by atoms with Crippen LogP contribution in [0, 0.1) is 0 Å². The number of fused-ring (bicyclic) bond motifs is 1. The largest absolute Gasteiger partial charge is 0.257 e. The molecule has 1 aliphatic rings. The Morgan fingerprint density at radius 3 is 2.10 bits per heavy atom. The van der Waals surface area contributed by atoms with Crippen molar-refractivity contribution in [3.63, 3.8) is 0 Å². The fraction of sp³-hybridized carbons (Fsp3) is 0.560. The van der Waals surface area contributed by atoms with Gasteiger partial charge in [0, 0.05) is 22.9 Å². The second kappa shape index (κ2) is 13.8. The summed E-state index contributed by atoms with van der Waals surface area (Å²) in [6.07, 6.45) is 18.2. The van der Waals surface area contributed by atoms with Gasteiger partial charge in [-0.25, -0.2) is 4.99 Å². The molecule has 0 amide bonds. The summed E-state index contributed by atoms with van der Waals surface area (Å²) in [7, 11) is 0. The smallest absolute Gasteiger partial charge is 0.121 e. The van der Waals surface area contributed by atoms with Gasteiger partial charge in [-0.15, -0.1) is 24.8 Å². The van der Waals surface area contributed by atoms with Crippen LogP contribution in [0.3, 0.4) is 0 Å². The number of nitrogens with zero attached hydrogens (tertiary/aromatic N) is 3. The minimum Gasteiger partial charge on any atom is -0.257 e. The van der Waals surface area contributed by atoms with Crippen molar-refractivity contribution in [1.82, 2.24) is 4.98 Å². The highest BCUT2D eigenvalue weighted by atomic mass is 35.5. The van der Waals surface area contributed by atoms with Crippen molar-refractivity contribution in [2.75, 3.05) is 0 Å². The maximum atomic E-state index is 5.01. The number of para-hydroxylation sites is 1. The summed E-state index contributed by atoms with van der Waals surface area (Å²) < 4.78 is 0. The lowest BCUT2D eigenvalue weighted by Gasteiger charge is -2.21. The maximum Gasteiger partial charge on any atom is 0.121 e. The van der Waals surface area contributed by atoms with Crippen LogP contribution in [-0.2, 0) is 12.0 Å². The van der Waals surface area contributed by atoms with Crippen molar-refractivity contribution in [1.29, 1.82) is 0 Å². The van der Waals surface area contributed by atoms with E-state index in [9.17, 15) is 0 Å². The Morgan fingerprint density at radius 1 is 0.833 bits per heavy atom. The van der Waals surface area contributed by atoms with E-state index >= 15 is 0 Å². The van der Waals surface area contributed by atoms with Crippen LogP contribution in [0.25, 0.3) is 10.9 Å². The van der Waals surface area contributed by atoms with Gasteiger partial charge in [0.1, 0.15) is 11.9 Å². The number of halogens is 2. The lowest BCUT2D eigenvalue weighted by atomic mass is 9.89. The van der Waals surface area contributed by atoms with E-state index in [1.807, 2.05) is 6.21 Å². The third kappa shape index (κ3) is 7.35. The average Bonchev–Trinajstić information content (AvgIpc) is 3.16. The van der Waals surface area contributed by atoms with Crippen LogP contribution in [0.1, 0.15) is 89.3 Å². The Kier molecular flexibility index (Phi) is 12.2. The topological polar surface area (TPSA) is 37.6 Å². The second-order valence-corrected chi connectivity index (χ2v) is 8.28.